The molecule has 1 aromatic heterocycles. The van der Waals surface area contributed by atoms with Crippen LogP contribution in [0, 0.1) is 0 Å². The Morgan fingerprint density at radius 3 is 2.53 bits per heavy atom. The Hall–Kier alpha value is -1.03. The first-order valence-electron chi connectivity index (χ1n) is 6.25. The standard InChI is InChI=1S/C15H18ClNOS/c1-17(2)14(15-4-3-11-19-15)9-10-18-13-7-5-12(16)6-8-13/h3-8,11,14H,9-10H2,1-2H3. The molecule has 0 radical (unpaired) electrons. The Bertz CT molecular complexity index is 481. The summed E-state index contributed by atoms with van der Waals surface area (Å²) < 4.78 is 5.76. The maximum atomic E-state index is 5.84. The molecule has 0 aliphatic heterocycles. The highest BCUT2D eigenvalue weighted by Gasteiger charge is 2.14. The van der Waals surface area contributed by atoms with E-state index in [1.807, 2.05) is 24.3 Å². The zero-order valence-electron chi connectivity index (χ0n) is 11.2. The van der Waals surface area contributed by atoms with Gasteiger partial charge < -0.3 is 9.64 Å². The molecule has 0 N–H and O–H groups in total. The number of halogens is 1. The van der Waals surface area contributed by atoms with E-state index < -0.39 is 0 Å². The molecule has 0 saturated heterocycles. The van der Waals surface area contributed by atoms with E-state index in [1.165, 1.54) is 4.88 Å². The van der Waals surface area contributed by atoms with Crippen LogP contribution in [0.4, 0.5) is 0 Å². The molecule has 19 heavy (non-hydrogen) atoms. The van der Waals surface area contributed by atoms with E-state index in [-0.39, 0.29) is 0 Å². The molecule has 102 valence electrons. The van der Waals surface area contributed by atoms with E-state index in [0.29, 0.717) is 12.6 Å². The van der Waals surface area contributed by atoms with Gasteiger partial charge in [-0.3, -0.25) is 0 Å². The first-order valence-corrected chi connectivity index (χ1v) is 7.51. The quantitative estimate of drug-likeness (QED) is 0.779. The van der Waals surface area contributed by atoms with Crippen LogP contribution in [-0.4, -0.2) is 25.6 Å². The van der Waals surface area contributed by atoms with Crippen molar-refractivity contribution in [3.63, 3.8) is 0 Å². The molecule has 0 saturated carbocycles. The van der Waals surface area contributed by atoms with Gasteiger partial charge in [-0.2, -0.15) is 0 Å². The summed E-state index contributed by atoms with van der Waals surface area (Å²) in [5, 5.41) is 2.85. The van der Waals surface area contributed by atoms with Gasteiger partial charge in [-0.25, -0.2) is 0 Å². The summed E-state index contributed by atoms with van der Waals surface area (Å²) in [5.41, 5.74) is 0. The minimum absolute atomic E-state index is 0.410. The zero-order valence-corrected chi connectivity index (χ0v) is 12.7. The minimum Gasteiger partial charge on any atom is -0.494 e. The molecular weight excluding hydrogens is 278 g/mol. The van der Waals surface area contributed by atoms with Crippen LogP contribution in [0.1, 0.15) is 17.3 Å². The smallest absolute Gasteiger partial charge is 0.119 e. The Balaban J connectivity index is 1.88. The molecule has 2 nitrogen and oxygen atoms in total. The molecule has 0 amide bonds. The normalized spacial score (nSPS) is 12.6. The molecule has 0 spiro atoms. The number of nitrogens with zero attached hydrogens (tertiary/aromatic N) is 1. The van der Waals surface area contributed by atoms with Gasteiger partial charge in [0.25, 0.3) is 0 Å². The van der Waals surface area contributed by atoms with Gasteiger partial charge in [-0.05, 0) is 49.8 Å². The van der Waals surface area contributed by atoms with Crippen molar-refractivity contribution in [3.05, 3.63) is 51.7 Å². The fourth-order valence-electron chi connectivity index (χ4n) is 1.96. The molecule has 0 fully saturated rings. The first-order chi connectivity index (χ1) is 9.16. The van der Waals surface area contributed by atoms with Crippen molar-refractivity contribution in [1.82, 2.24) is 4.90 Å². The second kappa shape index (κ2) is 6.94. The average Bonchev–Trinajstić information content (AvgIpc) is 2.90. The van der Waals surface area contributed by atoms with Crippen molar-refractivity contribution in [2.45, 2.75) is 12.5 Å². The van der Waals surface area contributed by atoms with Crippen LogP contribution in [0.3, 0.4) is 0 Å². The number of hydrogen-bond acceptors (Lipinski definition) is 3. The lowest BCUT2D eigenvalue weighted by atomic mass is 10.1. The molecule has 1 unspecified atom stereocenters. The molecule has 1 atom stereocenters. The number of hydrogen-bond donors (Lipinski definition) is 0. The van der Waals surface area contributed by atoms with Crippen LogP contribution in [0.15, 0.2) is 41.8 Å². The Morgan fingerprint density at radius 1 is 1.21 bits per heavy atom. The van der Waals surface area contributed by atoms with Crippen molar-refractivity contribution >= 4 is 22.9 Å². The lowest BCUT2D eigenvalue weighted by molar-refractivity contribution is 0.226. The third-order valence-electron chi connectivity index (χ3n) is 2.97. The van der Waals surface area contributed by atoms with Crippen LogP contribution in [0.25, 0.3) is 0 Å². The predicted molar refractivity (Wildman–Crippen MR) is 82.3 cm³/mol. The highest BCUT2D eigenvalue weighted by Crippen LogP contribution is 2.26. The minimum atomic E-state index is 0.410. The van der Waals surface area contributed by atoms with Crippen LogP contribution in [0.5, 0.6) is 5.75 Å². The molecule has 1 aromatic carbocycles. The van der Waals surface area contributed by atoms with Crippen molar-refractivity contribution in [3.8, 4) is 5.75 Å². The van der Waals surface area contributed by atoms with Gasteiger partial charge in [-0.15, -0.1) is 11.3 Å². The molecule has 2 rings (SSSR count). The summed E-state index contributed by atoms with van der Waals surface area (Å²) in [6.07, 6.45) is 0.968. The number of rotatable bonds is 6. The van der Waals surface area contributed by atoms with E-state index in [0.717, 1.165) is 17.2 Å². The van der Waals surface area contributed by atoms with Gasteiger partial charge in [0, 0.05) is 22.4 Å². The first kappa shape index (κ1) is 14.4. The summed E-state index contributed by atoms with van der Waals surface area (Å²) in [7, 11) is 4.21. The largest absolute Gasteiger partial charge is 0.494 e. The second-order valence-electron chi connectivity index (χ2n) is 4.59. The molecular formula is C15H18ClNOS. The summed E-state index contributed by atoms with van der Waals surface area (Å²) in [4.78, 5) is 3.61. The fourth-order valence-corrected chi connectivity index (χ4v) is 3.04. The van der Waals surface area contributed by atoms with Gasteiger partial charge in [0.1, 0.15) is 5.75 Å². The molecule has 0 aliphatic carbocycles. The van der Waals surface area contributed by atoms with Gasteiger partial charge in [0.05, 0.1) is 6.61 Å². The monoisotopic (exact) mass is 295 g/mol. The third kappa shape index (κ3) is 4.23. The summed E-state index contributed by atoms with van der Waals surface area (Å²) in [6.45, 7) is 0.697. The van der Waals surface area contributed by atoms with Crippen molar-refractivity contribution < 1.29 is 4.74 Å². The van der Waals surface area contributed by atoms with Gasteiger partial charge >= 0.3 is 0 Å². The van der Waals surface area contributed by atoms with E-state index in [9.17, 15) is 0 Å². The molecule has 0 aliphatic rings. The van der Waals surface area contributed by atoms with Crippen molar-refractivity contribution in [2.24, 2.45) is 0 Å². The fraction of sp³-hybridized carbons (Fsp3) is 0.333. The molecule has 0 bridgehead atoms. The summed E-state index contributed by atoms with van der Waals surface area (Å²) in [6, 6.07) is 12.2. The molecule has 4 heteroatoms. The maximum absolute atomic E-state index is 5.84. The van der Waals surface area contributed by atoms with Crippen LogP contribution in [-0.2, 0) is 0 Å². The SMILES string of the molecule is CN(C)C(CCOc1ccc(Cl)cc1)c1cccs1. The van der Waals surface area contributed by atoms with Crippen LogP contribution in [0.2, 0.25) is 5.02 Å². The van der Waals surface area contributed by atoms with Crippen molar-refractivity contribution in [1.29, 1.82) is 0 Å². The Kier molecular flexibility index (Phi) is 5.25. The number of ether oxygens (including phenoxy) is 1. The third-order valence-corrected chi connectivity index (χ3v) is 4.19. The summed E-state index contributed by atoms with van der Waals surface area (Å²) in [5.74, 6) is 0.869. The van der Waals surface area contributed by atoms with E-state index >= 15 is 0 Å². The zero-order chi connectivity index (χ0) is 13.7. The lowest BCUT2D eigenvalue weighted by Crippen LogP contribution is -2.21. The van der Waals surface area contributed by atoms with Crippen LogP contribution < -0.4 is 4.74 Å². The summed E-state index contributed by atoms with van der Waals surface area (Å²) >= 11 is 7.64. The Morgan fingerprint density at radius 2 is 1.95 bits per heavy atom. The highest BCUT2D eigenvalue weighted by molar-refractivity contribution is 7.10. The Labute approximate surface area is 123 Å². The van der Waals surface area contributed by atoms with Gasteiger partial charge in [0.2, 0.25) is 0 Å². The maximum Gasteiger partial charge on any atom is 0.119 e. The molecule has 2 aromatic rings. The number of thiophene rings is 1. The van der Waals surface area contributed by atoms with E-state index in [2.05, 4.69) is 36.5 Å². The highest BCUT2D eigenvalue weighted by atomic mass is 35.5. The second-order valence-corrected chi connectivity index (χ2v) is 6.00. The van der Waals surface area contributed by atoms with E-state index in [4.69, 9.17) is 16.3 Å². The average molecular weight is 296 g/mol. The predicted octanol–water partition coefficient (Wildman–Crippen LogP) is 4.47. The van der Waals surface area contributed by atoms with E-state index in [1.54, 1.807) is 11.3 Å². The topological polar surface area (TPSA) is 12.5 Å². The molecule has 1 heterocycles. The van der Waals surface area contributed by atoms with Crippen molar-refractivity contribution in [2.75, 3.05) is 20.7 Å². The van der Waals surface area contributed by atoms with Gasteiger partial charge in [0.15, 0.2) is 0 Å². The van der Waals surface area contributed by atoms with Gasteiger partial charge in [-0.1, -0.05) is 17.7 Å². The lowest BCUT2D eigenvalue weighted by Gasteiger charge is -2.23. The van der Waals surface area contributed by atoms with Crippen LogP contribution >= 0.6 is 22.9 Å². The number of benzene rings is 1.